The second kappa shape index (κ2) is 6.97. The molecule has 0 spiro atoms. The van der Waals surface area contributed by atoms with Crippen molar-refractivity contribution >= 4 is 23.3 Å². The molecule has 1 rings (SSSR count). The van der Waals surface area contributed by atoms with Gasteiger partial charge in [0.2, 0.25) is 0 Å². The molecule has 0 bridgehead atoms. The quantitative estimate of drug-likeness (QED) is 0.712. The number of urea groups is 1. The van der Waals surface area contributed by atoms with Gasteiger partial charge in [0.1, 0.15) is 6.04 Å². The Hall–Kier alpha value is -1.60. The fourth-order valence-electron chi connectivity index (χ4n) is 1.35. The van der Waals surface area contributed by atoms with Gasteiger partial charge in [-0.3, -0.25) is 0 Å². The summed E-state index contributed by atoms with van der Waals surface area (Å²) < 4.78 is 0. The highest BCUT2D eigenvalue weighted by atomic mass is 32.1. The fraction of sp³-hybridized carbons (Fsp3) is 0.455. The van der Waals surface area contributed by atoms with Crippen LogP contribution < -0.4 is 5.32 Å². The molecule has 1 atom stereocenters. The molecular formula is C11H16N2O4S. The van der Waals surface area contributed by atoms with Crippen molar-refractivity contribution in [2.75, 3.05) is 13.7 Å². The second-order valence-corrected chi connectivity index (χ2v) is 4.82. The number of carboxylic acids is 1. The summed E-state index contributed by atoms with van der Waals surface area (Å²) >= 11 is 1.53. The Balaban J connectivity index is 2.50. The molecule has 0 unspecified atom stereocenters. The first-order valence-electron chi connectivity index (χ1n) is 5.42. The van der Waals surface area contributed by atoms with Gasteiger partial charge in [0.05, 0.1) is 6.54 Å². The summed E-state index contributed by atoms with van der Waals surface area (Å²) in [6, 6.07) is 2.26. The highest BCUT2D eigenvalue weighted by Gasteiger charge is 2.21. The fourth-order valence-corrected chi connectivity index (χ4v) is 2.11. The standard InChI is InChI=1S/C11H16N2O4S/c1-13(7-8-3-2-6-18-8)11(17)12-9(4-5-14)10(15)16/h2-3,6,9,14H,4-5,7H2,1H3,(H,12,17)(H,15,16)/t9-/m1/s1. The number of rotatable bonds is 6. The Morgan fingerprint density at radius 2 is 2.28 bits per heavy atom. The van der Waals surface area contributed by atoms with Crippen LogP contribution in [0.3, 0.4) is 0 Å². The Morgan fingerprint density at radius 3 is 2.78 bits per heavy atom. The molecule has 0 aliphatic heterocycles. The molecule has 2 amide bonds. The molecule has 7 heteroatoms. The van der Waals surface area contributed by atoms with Crippen molar-refractivity contribution in [3.63, 3.8) is 0 Å². The van der Waals surface area contributed by atoms with E-state index >= 15 is 0 Å². The molecule has 0 saturated heterocycles. The number of nitrogens with one attached hydrogen (secondary N) is 1. The SMILES string of the molecule is CN(Cc1cccs1)C(=O)N[C@H](CCO)C(=O)O. The summed E-state index contributed by atoms with van der Waals surface area (Å²) in [5.74, 6) is -1.15. The predicted octanol–water partition coefficient (Wildman–Crippen LogP) is 0.725. The van der Waals surface area contributed by atoms with E-state index in [4.69, 9.17) is 10.2 Å². The van der Waals surface area contributed by atoms with E-state index in [1.807, 2.05) is 17.5 Å². The Kier molecular flexibility index (Phi) is 5.60. The molecule has 0 radical (unpaired) electrons. The zero-order chi connectivity index (χ0) is 13.5. The monoisotopic (exact) mass is 272 g/mol. The maximum Gasteiger partial charge on any atom is 0.326 e. The molecule has 3 N–H and O–H groups in total. The third kappa shape index (κ3) is 4.34. The van der Waals surface area contributed by atoms with Crippen LogP contribution in [0.5, 0.6) is 0 Å². The molecule has 1 aromatic heterocycles. The normalized spacial score (nSPS) is 11.9. The highest BCUT2D eigenvalue weighted by molar-refractivity contribution is 7.09. The summed E-state index contributed by atoms with van der Waals surface area (Å²) in [6.45, 7) is 0.140. The first-order valence-corrected chi connectivity index (χ1v) is 6.30. The topological polar surface area (TPSA) is 89.9 Å². The number of hydrogen-bond acceptors (Lipinski definition) is 4. The summed E-state index contributed by atoms with van der Waals surface area (Å²) in [6.07, 6.45) is -0.00604. The minimum Gasteiger partial charge on any atom is -0.480 e. The maximum atomic E-state index is 11.7. The van der Waals surface area contributed by atoms with E-state index in [1.54, 1.807) is 7.05 Å². The third-order valence-electron chi connectivity index (χ3n) is 2.33. The smallest absolute Gasteiger partial charge is 0.326 e. The van der Waals surface area contributed by atoms with Crippen LogP contribution in [0.2, 0.25) is 0 Å². The molecule has 0 aromatic carbocycles. The molecule has 0 aliphatic carbocycles. The van der Waals surface area contributed by atoms with Crippen LogP contribution in [0, 0.1) is 0 Å². The number of aliphatic hydroxyl groups excluding tert-OH is 1. The van der Waals surface area contributed by atoms with E-state index in [0.717, 1.165) is 4.88 Å². The minimum atomic E-state index is -1.15. The second-order valence-electron chi connectivity index (χ2n) is 3.79. The van der Waals surface area contributed by atoms with Crippen LogP contribution in [-0.2, 0) is 11.3 Å². The van der Waals surface area contributed by atoms with E-state index in [1.165, 1.54) is 16.2 Å². The summed E-state index contributed by atoms with van der Waals surface area (Å²) in [7, 11) is 1.59. The van der Waals surface area contributed by atoms with Gasteiger partial charge >= 0.3 is 12.0 Å². The highest BCUT2D eigenvalue weighted by Crippen LogP contribution is 2.10. The molecule has 100 valence electrons. The van der Waals surface area contributed by atoms with Gasteiger partial charge in [-0.1, -0.05) is 6.07 Å². The van der Waals surface area contributed by atoms with E-state index in [0.29, 0.717) is 6.54 Å². The van der Waals surface area contributed by atoms with Crippen LogP contribution in [0.25, 0.3) is 0 Å². The maximum absolute atomic E-state index is 11.7. The van der Waals surface area contributed by atoms with E-state index in [2.05, 4.69) is 5.32 Å². The summed E-state index contributed by atoms with van der Waals surface area (Å²) in [4.78, 5) is 25.0. The van der Waals surface area contributed by atoms with Crippen LogP contribution in [0.4, 0.5) is 4.79 Å². The van der Waals surface area contributed by atoms with Gasteiger partial charge in [-0.2, -0.15) is 0 Å². The van der Waals surface area contributed by atoms with E-state index in [-0.39, 0.29) is 13.0 Å². The Labute approximate surface area is 109 Å². The molecule has 1 aromatic rings. The van der Waals surface area contributed by atoms with Crippen molar-refractivity contribution < 1.29 is 19.8 Å². The lowest BCUT2D eigenvalue weighted by molar-refractivity contribution is -0.139. The lowest BCUT2D eigenvalue weighted by Crippen LogP contribution is -2.46. The van der Waals surface area contributed by atoms with Gasteiger partial charge in [0.15, 0.2) is 0 Å². The Morgan fingerprint density at radius 1 is 1.56 bits per heavy atom. The van der Waals surface area contributed by atoms with Gasteiger partial charge < -0.3 is 20.4 Å². The van der Waals surface area contributed by atoms with Gasteiger partial charge in [0, 0.05) is 25.0 Å². The van der Waals surface area contributed by atoms with Gasteiger partial charge in [0.25, 0.3) is 0 Å². The largest absolute Gasteiger partial charge is 0.480 e. The molecule has 1 heterocycles. The average Bonchev–Trinajstić information content (AvgIpc) is 2.80. The lowest BCUT2D eigenvalue weighted by Gasteiger charge is -2.20. The van der Waals surface area contributed by atoms with Crippen LogP contribution in [-0.4, -0.2) is 46.8 Å². The van der Waals surface area contributed by atoms with Crippen molar-refractivity contribution in [1.29, 1.82) is 0 Å². The zero-order valence-electron chi connectivity index (χ0n) is 10.00. The van der Waals surface area contributed by atoms with Crippen molar-refractivity contribution in [2.24, 2.45) is 0 Å². The van der Waals surface area contributed by atoms with Gasteiger partial charge in [-0.05, 0) is 11.4 Å². The summed E-state index contributed by atoms with van der Waals surface area (Å²) in [5.41, 5.74) is 0. The average molecular weight is 272 g/mol. The van der Waals surface area contributed by atoms with Crippen LogP contribution >= 0.6 is 11.3 Å². The molecule has 18 heavy (non-hydrogen) atoms. The molecular weight excluding hydrogens is 256 g/mol. The van der Waals surface area contributed by atoms with Crippen molar-refractivity contribution in [2.45, 2.75) is 19.0 Å². The molecule has 6 nitrogen and oxygen atoms in total. The van der Waals surface area contributed by atoms with Crippen molar-refractivity contribution in [3.8, 4) is 0 Å². The number of thiophene rings is 1. The predicted molar refractivity (Wildman–Crippen MR) is 67.4 cm³/mol. The van der Waals surface area contributed by atoms with E-state index in [9.17, 15) is 9.59 Å². The Bertz CT molecular complexity index is 394. The number of carboxylic acid groups (broad SMARTS) is 1. The number of hydrogen-bond donors (Lipinski definition) is 3. The van der Waals surface area contributed by atoms with Crippen LogP contribution in [0.1, 0.15) is 11.3 Å². The molecule has 0 saturated carbocycles. The van der Waals surface area contributed by atoms with Gasteiger partial charge in [-0.25, -0.2) is 9.59 Å². The number of aliphatic carboxylic acids is 1. The number of amides is 2. The first-order chi connectivity index (χ1) is 8.54. The lowest BCUT2D eigenvalue weighted by atomic mass is 10.2. The number of carbonyl (C=O) groups is 2. The zero-order valence-corrected chi connectivity index (χ0v) is 10.8. The number of nitrogens with zero attached hydrogens (tertiary/aromatic N) is 1. The first kappa shape index (κ1) is 14.5. The van der Waals surface area contributed by atoms with E-state index < -0.39 is 18.0 Å². The molecule has 0 fully saturated rings. The van der Waals surface area contributed by atoms with Crippen molar-refractivity contribution in [3.05, 3.63) is 22.4 Å². The van der Waals surface area contributed by atoms with Crippen molar-refractivity contribution in [1.82, 2.24) is 10.2 Å². The summed E-state index contributed by atoms with van der Waals surface area (Å²) in [5, 5.41) is 21.8. The van der Waals surface area contributed by atoms with Gasteiger partial charge in [-0.15, -0.1) is 11.3 Å². The molecule has 0 aliphatic rings. The third-order valence-corrected chi connectivity index (χ3v) is 3.19. The number of aliphatic hydroxyl groups is 1. The minimum absolute atomic E-state index is 0.00604. The van der Waals surface area contributed by atoms with Crippen LogP contribution in [0.15, 0.2) is 17.5 Å². The number of carbonyl (C=O) groups excluding carboxylic acids is 1.